The van der Waals surface area contributed by atoms with Gasteiger partial charge in [0.25, 0.3) is 0 Å². The van der Waals surface area contributed by atoms with Gasteiger partial charge in [-0.25, -0.2) is 0 Å². The Balaban J connectivity index is 3.33. The number of nitrogens with zero attached hydrogens (tertiary/aromatic N) is 1. The van der Waals surface area contributed by atoms with Crippen molar-refractivity contribution in [3.05, 3.63) is 0 Å². The number of hydrogen-bond donors (Lipinski definition) is 1. The molecule has 0 aromatic heterocycles. The molecule has 0 aliphatic carbocycles. The third-order valence-electron chi connectivity index (χ3n) is 0.897. The zero-order valence-corrected chi connectivity index (χ0v) is 7.31. The van der Waals surface area contributed by atoms with E-state index < -0.39 is 0 Å². The highest BCUT2D eigenvalue weighted by Crippen LogP contribution is 1.95. The number of alkyl halides is 1. The van der Waals surface area contributed by atoms with E-state index >= 15 is 0 Å². The maximum Gasteiger partial charge on any atom is 0.233 e. The van der Waals surface area contributed by atoms with Crippen molar-refractivity contribution in [1.82, 2.24) is 5.32 Å². The van der Waals surface area contributed by atoms with Gasteiger partial charge in [-0.1, -0.05) is 15.9 Å². The Morgan fingerprint density at radius 2 is 2.50 bits per heavy atom. The molecule has 0 saturated heterocycles. The molecule has 0 aromatic rings. The largest absolute Gasteiger partial charge is 0.354 e. The number of hydrogen-bond acceptors (Lipinski definition) is 2. The quantitative estimate of drug-likeness (QED) is 0.547. The summed E-state index contributed by atoms with van der Waals surface area (Å²) in [6.45, 7) is 2.17. The van der Waals surface area contributed by atoms with Crippen molar-refractivity contribution < 1.29 is 4.79 Å². The Labute approximate surface area is 68.5 Å². The molecule has 1 N–H and O–H groups in total. The fourth-order valence-corrected chi connectivity index (χ4v) is 0.544. The predicted octanol–water partition coefficient (Wildman–Crippen LogP) is 0.800. The number of amides is 1. The lowest BCUT2D eigenvalue weighted by Crippen LogP contribution is -2.29. The van der Waals surface area contributed by atoms with Gasteiger partial charge in [0.2, 0.25) is 5.91 Å². The van der Waals surface area contributed by atoms with Gasteiger partial charge < -0.3 is 5.32 Å². The number of rotatable bonds is 3. The van der Waals surface area contributed by atoms with Crippen LogP contribution in [0.3, 0.4) is 0 Å². The van der Waals surface area contributed by atoms with Crippen LogP contribution in [0.5, 0.6) is 0 Å². The summed E-state index contributed by atoms with van der Waals surface area (Å²) in [7, 11) is 0. The van der Waals surface area contributed by atoms with Gasteiger partial charge in [0.15, 0.2) is 0 Å². The molecule has 10 heavy (non-hydrogen) atoms. The molecule has 1 unspecified atom stereocenters. The fourth-order valence-electron chi connectivity index (χ4n) is 0.382. The first-order valence-corrected chi connectivity index (χ1v) is 3.88. The van der Waals surface area contributed by atoms with Crippen LogP contribution in [0.4, 0.5) is 0 Å². The van der Waals surface area contributed by atoms with Gasteiger partial charge in [0.05, 0.1) is 17.3 Å². The molecule has 0 aliphatic rings. The lowest BCUT2D eigenvalue weighted by atomic mass is 10.4. The minimum absolute atomic E-state index is 0.0738. The second-order valence-corrected chi connectivity index (χ2v) is 3.19. The summed E-state index contributed by atoms with van der Waals surface area (Å²) < 4.78 is 0. The van der Waals surface area contributed by atoms with Gasteiger partial charge in [0, 0.05) is 6.54 Å². The van der Waals surface area contributed by atoms with Crippen molar-refractivity contribution in [2.75, 3.05) is 6.54 Å². The second-order valence-electron chi connectivity index (χ2n) is 1.82. The monoisotopic (exact) mass is 204 g/mol. The normalized spacial score (nSPS) is 11.7. The maximum absolute atomic E-state index is 10.8. The van der Waals surface area contributed by atoms with E-state index in [9.17, 15) is 4.79 Å². The van der Waals surface area contributed by atoms with Crippen molar-refractivity contribution in [2.45, 2.75) is 18.2 Å². The molecule has 1 atom stereocenters. The van der Waals surface area contributed by atoms with Crippen molar-refractivity contribution in [3.63, 3.8) is 0 Å². The summed E-state index contributed by atoms with van der Waals surface area (Å²) in [5, 5.41) is 10.7. The molecule has 56 valence electrons. The molecule has 1 amide bonds. The minimum atomic E-state index is -0.175. The van der Waals surface area contributed by atoms with Crippen molar-refractivity contribution in [2.24, 2.45) is 0 Å². The number of nitrogens with one attached hydrogen (secondary N) is 1. The summed E-state index contributed by atoms with van der Waals surface area (Å²) in [5.74, 6) is -0.0738. The van der Waals surface area contributed by atoms with Crippen LogP contribution in [-0.4, -0.2) is 17.3 Å². The number of nitriles is 1. The first-order valence-electron chi connectivity index (χ1n) is 2.97. The molecule has 3 nitrogen and oxygen atoms in total. The van der Waals surface area contributed by atoms with E-state index in [2.05, 4.69) is 21.2 Å². The van der Waals surface area contributed by atoms with Crippen LogP contribution in [0.1, 0.15) is 13.3 Å². The third kappa shape index (κ3) is 4.33. The van der Waals surface area contributed by atoms with Gasteiger partial charge in [-0.05, 0) is 6.92 Å². The molecular formula is C6H9BrN2O. The summed E-state index contributed by atoms with van der Waals surface area (Å²) in [6.07, 6.45) is 0.367. The highest BCUT2D eigenvalue weighted by molar-refractivity contribution is 9.10. The molecule has 4 heteroatoms. The molecule has 0 bridgehead atoms. The smallest absolute Gasteiger partial charge is 0.233 e. The first kappa shape index (κ1) is 9.44. The van der Waals surface area contributed by atoms with Crippen molar-refractivity contribution in [3.8, 4) is 6.07 Å². The zero-order valence-electron chi connectivity index (χ0n) is 5.72. The number of halogens is 1. The molecule has 0 radical (unpaired) electrons. The summed E-state index contributed by atoms with van der Waals surface area (Å²) >= 11 is 3.10. The van der Waals surface area contributed by atoms with E-state index in [1.807, 2.05) is 6.07 Å². The Bertz CT molecular complexity index is 150. The predicted molar refractivity (Wildman–Crippen MR) is 41.6 cm³/mol. The number of carbonyl (C=O) groups is 1. The average molecular weight is 205 g/mol. The SMILES string of the molecule is CC(Br)C(=O)NCCC#N. The molecule has 0 saturated carbocycles. The topological polar surface area (TPSA) is 52.9 Å². The molecule has 0 spiro atoms. The Morgan fingerprint density at radius 1 is 1.90 bits per heavy atom. The van der Waals surface area contributed by atoms with Gasteiger partial charge in [0.1, 0.15) is 0 Å². The molecule has 0 aromatic carbocycles. The highest BCUT2D eigenvalue weighted by atomic mass is 79.9. The second kappa shape index (κ2) is 5.24. The van der Waals surface area contributed by atoms with Crippen LogP contribution in [0, 0.1) is 11.3 Å². The van der Waals surface area contributed by atoms with E-state index in [1.165, 1.54) is 0 Å². The van der Waals surface area contributed by atoms with E-state index in [1.54, 1.807) is 6.92 Å². The molecule has 0 rings (SSSR count). The fraction of sp³-hybridized carbons (Fsp3) is 0.667. The summed E-state index contributed by atoms with van der Waals surface area (Å²) in [5.41, 5.74) is 0. The van der Waals surface area contributed by atoms with Crippen molar-refractivity contribution in [1.29, 1.82) is 5.26 Å². The standard InChI is InChI=1S/C6H9BrN2O/c1-5(7)6(10)9-4-2-3-8/h5H,2,4H2,1H3,(H,9,10). The van der Waals surface area contributed by atoms with E-state index in [0.717, 1.165) is 0 Å². The van der Waals surface area contributed by atoms with Crippen LogP contribution < -0.4 is 5.32 Å². The van der Waals surface area contributed by atoms with Gasteiger partial charge in [-0.3, -0.25) is 4.79 Å². The first-order chi connectivity index (χ1) is 4.68. The highest BCUT2D eigenvalue weighted by Gasteiger charge is 2.05. The lowest BCUT2D eigenvalue weighted by molar-refractivity contribution is -0.120. The lowest BCUT2D eigenvalue weighted by Gasteiger charge is -2.02. The van der Waals surface area contributed by atoms with Crippen LogP contribution in [0.15, 0.2) is 0 Å². The van der Waals surface area contributed by atoms with Crippen LogP contribution in [0.2, 0.25) is 0 Å². The van der Waals surface area contributed by atoms with E-state index in [0.29, 0.717) is 13.0 Å². The molecule has 0 aliphatic heterocycles. The third-order valence-corrected chi connectivity index (χ3v) is 1.31. The van der Waals surface area contributed by atoms with Gasteiger partial charge in [-0.15, -0.1) is 0 Å². The Kier molecular flexibility index (Phi) is 4.95. The average Bonchev–Trinajstić information content (AvgIpc) is 1.88. The van der Waals surface area contributed by atoms with Crippen LogP contribution in [0.25, 0.3) is 0 Å². The summed E-state index contributed by atoms with van der Waals surface area (Å²) in [4.78, 5) is 10.6. The Hall–Kier alpha value is -0.560. The Morgan fingerprint density at radius 3 is 2.90 bits per heavy atom. The van der Waals surface area contributed by atoms with Crippen molar-refractivity contribution >= 4 is 21.8 Å². The van der Waals surface area contributed by atoms with Gasteiger partial charge in [-0.2, -0.15) is 5.26 Å². The van der Waals surface area contributed by atoms with Crippen LogP contribution in [-0.2, 0) is 4.79 Å². The van der Waals surface area contributed by atoms with Crippen LogP contribution >= 0.6 is 15.9 Å². The minimum Gasteiger partial charge on any atom is -0.354 e. The van der Waals surface area contributed by atoms with Gasteiger partial charge >= 0.3 is 0 Å². The maximum atomic E-state index is 10.8. The molecule has 0 fully saturated rings. The molecule has 0 heterocycles. The van der Waals surface area contributed by atoms with E-state index in [4.69, 9.17) is 5.26 Å². The van der Waals surface area contributed by atoms with E-state index in [-0.39, 0.29) is 10.7 Å². The number of carbonyl (C=O) groups excluding carboxylic acids is 1. The molecular weight excluding hydrogens is 196 g/mol. The zero-order chi connectivity index (χ0) is 7.98. The summed E-state index contributed by atoms with van der Waals surface area (Å²) in [6, 6.07) is 1.93.